The van der Waals surface area contributed by atoms with Crippen molar-refractivity contribution in [1.82, 2.24) is 10.6 Å². The van der Waals surface area contributed by atoms with Crippen molar-refractivity contribution in [3.8, 4) is 0 Å². The first kappa shape index (κ1) is 29.4. The molecule has 0 aromatic rings. The van der Waals surface area contributed by atoms with E-state index in [2.05, 4.69) is 72.9 Å². The Bertz CT molecular complexity index is 645. The minimum absolute atomic E-state index is 0.0195. The minimum atomic E-state index is -0.0519. The van der Waals surface area contributed by atoms with Crippen molar-refractivity contribution >= 4 is 0 Å². The number of aliphatic hydroxyl groups is 2. The van der Waals surface area contributed by atoms with Crippen LogP contribution in [-0.2, 0) is 0 Å². The third-order valence-corrected chi connectivity index (χ3v) is 9.68. The molecule has 4 aliphatic rings. The number of rotatable bonds is 2. The molecule has 0 radical (unpaired) electrons. The van der Waals surface area contributed by atoms with E-state index in [1.165, 1.54) is 51.4 Å². The van der Waals surface area contributed by atoms with Crippen molar-refractivity contribution < 1.29 is 10.2 Å². The zero-order valence-corrected chi connectivity index (χ0v) is 24.7. The van der Waals surface area contributed by atoms with Crippen LogP contribution < -0.4 is 10.6 Å². The van der Waals surface area contributed by atoms with Crippen molar-refractivity contribution in [2.45, 2.75) is 167 Å². The molecule has 35 heavy (non-hydrogen) atoms. The summed E-state index contributed by atoms with van der Waals surface area (Å²) in [5, 5.41) is 27.0. The maximum atomic E-state index is 9.89. The molecule has 206 valence electrons. The molecule has 0 spiro atoms. The first-order valence-electron chi connectivity index (χ1n) is 14.9. The Hall–Kier alpha value is -0.160. The van der Waals surface area contributed by atoms with Crippen molar-refractivity contribution in [3.05, 3.63) is 0 Å². The van der Waals surface area contributed by atoms with Crippen LogP contribution >= 0.6 is 0 Å². The van der Waals surface area contributed by atoms with Gasteiger partial charge in [-0.3, -0.25) is 0 Å². The molecule has 2 aliphatic heterocycles. The lowest BCUT2D eigenvalue weighted by atomic mass is 9.65. The van der Waals surface area contributed by atoms with E-state index in [0.29, 0.717) is 5.92 Å². The molecule has 0 amide bonds. The zero-order valence-electron chi connectivity index (χ0n) is 24.7. The molecule has 4 heteroatoms. The van der Waals surface area contributed by atoms with Crippen LogP contribution in [-0.4, -0.2) is 44.6 Å². The summed E-state index contributed by atoms with van der Waals surface area (Å²) >= 11 is 0. The Balaban J connectivity index is 0.000000196. The highest BCUT2D eigenvalue weighted by Crippen LogP contribution is 2.44. The number of hydrogen-bond acceptors (Lipinski definition) is 4. The van der Waals surface area contributed by atoms with E-state index in [0.717, 1.165) is 42.9 Å². The maximum Gasteiger partial charge on any atom is 0.0566 e. The highest BCUT2D eigenvalue weighted by molar-refractivity contribution is 5.00. The quantitative estimate of drug-likeness (QED) is 0.358. The van der Waals surface area contributed by atoms with Crippen LogP contribution in [0.1, 0.15) is 133 Å². The fourth-order valence-electron chi connectivity index (χ4n) is 8.89. The highest BCUT2D eigenvalue weighted by Gasteiger charge is 2.43. The summed E-state index contributed by atoms with van der Waals surface area (Å²) in [4.78, 5) is 0. The minimum Gasteiger partial charge on any atom is -0.393 e. The Morgan fingerprint density at radius 2 is 0.886 bits per heavy atom. The molecule has 0 aromatic carbocycles. The van der Waals surface area contributed by atoms with Gasteiger partial charge in [0, 0.05) is 22.2 Å². The average Bonchev–Trinajstić information content (AvgIpc) is 2.66. The number of nitrogens with one attached hydrogen (secondary N) is 2. The van der Waals surface area contributed by atoms with E-state index in [1.54, 1.807) is 0 Å². The summed E-state index contributed by atoms with van der Waals surface area (Å²) in [6.45, 7) is 20.9. The van der Waals surface area contributed by atoms with Crippen molar-refractivity contribution in [2.75, 3.05) is 0 Å². The molecule has 2 saturated carbocycles. The van der Waals surface area contributed by atoms with Gasteiger partial charge < -0.3 is 20.8 Å². The van der Waals surface area contributed by atoms with E-state index in [1.807, 2.05) is 0 Å². The predicted octanol–water partition coefficient (Wildman–Crippen LogP) is 6.43. The van der Waals surface area contributed by atoms with E-state index in [9.17, 15) is 10.2 Å². The molecule has 4 rings (SSSR count). The van der Waals surface area contributed by atoms with Gasteiger partial charge >= 0.3 is 0 Å². The summed E-state index contributed by atoms with van der Waals surface area (Å²) < 4.78 is 0. The van der Waals surface area contributed by atoms with Crippen LogP contribution in [0.3, 0.4) is 0 Å². The van der Waals surface area contributed by atoms with Gasteiger partial charge in [-0.2, -0.15) is 0 Å². The molecule has 0 bridgehead atoms. The maximum absolute atomic E-state index is 9.89. The van der Waals surface area contributed by atoms with E-state index < -0.39 is 0 Å². The van der Waals surface area contributed by atoms with E-state index >= 15 is 0 Å². The van der Waals surface area contributed by atoms with Gasteiger partial charge in [0.2, 0.25) is 0 Å². The van der Waals surface area contributed by atoms with E-state index in [-0.39, 0.29) is 34.4 Å². The second kappa shape index (κ2) is 10.9. The van der Waals surface area contributed by atoms with Crippen LogP contribution in [0.4, 0.5) is 0 Å². The zero-order chi connectivity index (χ0) is 26.2. The first-order chi connectivity index (χ1) is 16.0. The molecule has 3 unspecified atom stereocenters. The SMILES string of the molecule is CC1(C)CC(C2CCC(O)CC2)CC(C)(C)N1.CC1CC(C2CC(C)(C)NC(C)(C)C2)CCC1O. The summed E-state index contributed by atoms with van der Waals surface area (Å²) in [5.41, 5.74) is 1.04. The van der Waals surface area contributed by atoms with Crippen LogP contribution in [0.5, 0.6) is 0 Å². The van der Waals surface area contributed by atoms with Gasteiger partial charge in [0.15, 0.2) is 0 Å². The largest absolute Gasteiger partial charge is 0.393 e. The molecular formula is C31H60N2O2. The van der Waals surface area contributed by atoms with Crippen LogP contribution in [0.25, 0.3) is 0 Å². The molecular weight excluding hydrogens is 432 g/mol. The first-order valence-corrected chi connectivity index (χ1v) is 14.9. The Labute approximate surface area is 217 Å². The van der Waals surface area contributed by atoms with Crippen molar-refractivity contribution in [1.29, 1.82) is 0 Å². The van der Waals surface area contributed by atoms with Crippen molar-refractivity contribution in [3.63, 3.8) is 0 Å². The van der Waals surface area contributed by atoms with Gasteiger partial charge in [-0.05, 0) is 156 Å². The van der Waals surface area contributed by atoms with E-state index in [4.69, 9.17) is 0 Å². The molecule has 0 aromatic heterocycles. The van der Waals surface area contributed by atoms with Gasteiger partial charge in [0.05, 0.1) is 12.2 Å². The Morgan fingerprint density at radius 3 is 1.29 bits per heavy atom. The predicted molar refractivity (Wildman–Crippen MR) is 149 cm³/mol. The highest BCUT2D eigenvalue weighted by atomic mass is 16.3. The topological polar surface area (TPSA) is 64.5 Å². The van der Waals surface area contributed by atoms with Crippen molar-refractivity contribution in [2.24, 2.45) is 29.6 Å². The van der Waals surface area contributed by atoms with Crippen LogP contribution in [0.15, 0.2) is 0 Å². The number of piperidine rings is 2. The number of aliphatic hydroxyl groups excluding tert-OH is 2. The molecule has 4 fully saturated rings. The summed E-state index contributed by atoms with van der Waals surface area (Å²) in [6, 6.07) is 0. The van der Waals surface area contributed by atoms with Gasteiger partial charge in [-0.1, -0.05) is 6.92 Å². The molecule has 2 heterocycles. The van der Waals surface area contributed by atoms with Gasteiger partial charge in [-0.25, -0.2) is 0 Å². The number of hydrogen-bond donors (Lipinski definition) is 4. The lowest BCUT2D eigenvalue weighted by Gasteiger charge is -2.50. The smallest absolute Gasteiger partial charge is 0.0566 e. The average molecular weight is 493 g/mol. The molecule has 4 N–H and O–H groups in total. The third-order valence-electron chi connectivity index (χ3n) is 9.68. The standard InChI is InChI=1S/C16H31NO.C15H29NO/c1-11-8-12(6-7-14(11)18)13-9-15(2,3)17-16(4,5)10-13;1-14(2)9-12(10-15(3,4)16-14)11-5-7-13(17)8-6-11/h11-14,17-18H,6-10H2,1-5H3;11-13,16-17H,5-10H2,1-4H3. The Kier molecular flexibility index (Phi) is 9.16. The third kappa shape index (κ3) is 8.69. The molecule has 2 saturated heterocycles. The normalized spacial score (nSPS) is 39.3. The molecule has 4 nitrogen and oxygen atoms in total. The fraction of sp³-hybridized carbons (Fsp3) is 1.00. The lowest BCUT2D eigenvalue weighted by molar-refractivity contribution is 0.0146. The second-order valence-electron chi connectivity index (χ2n) is 15.8. The Morgan fingerprint density at radius 1 is 0.514 bits per heavy atom. The van der Waals surface area contributed by atoms with Crippen LogP contribution in [0.2, 0.25) is 0 Å². The monoisotopic (exact) mass is 492 g/mol. The van der Waals surface area contributed by atoms with Gasteiger partial charge in [-0.15, -0.1) is 0 Å². The second-order valence-corrected chi connectivity index (χ2v) is 15.8. The lowest BCUT2D eigenvalue weighted by Crippen LogP contribution is -2.59. The summed E-state index contributed by atoms with van der Waals surface area (Å²) in [5.74, 6) is 3.83. The van der Waals surface area contributed by atoms with Gasteiger partial charge in [0.1, 0.15) is 0 Å². The fourth-order valence-corrected chi connectivity index (χ4v) is 8.89. The molecule has 2 aliphatic carbocycles. The van der Waals surface area contributed by atoms with Gasteiger partial charge in [0.25, 0.3) is 0 Å². The summed E-state index contributed by atoms with van der Waals surface area (Å²) in [6.07, 6.45) is 13.0. The molecule has 3 atom stereocenters. The summed E-state index contributed by atoms with van der Waals surface area (Å²) in [7, 11) is 0. The van der Waals surface area contributed by atoms with Crippen LogP contribution in [0, 0.1) is 29.6 Å².